The van der Waals surface area contributed by atoms with Gasteiger partial charge in [-0.05, 0) is 55.4 Å². The molecule has 2 heteroatoms. The Kier molecular flexibility index (Phi) is 4.39. The van der Waals surface area contributed by atoms with Crippen molar-refractivity contribution in [2.45, 2.75) is 39.0 Å². The van der Waals surface area contributed by atoms with Crippen molar-refractivity contribution in [2.75, 3.05) is 18.8 Å². The van der Waals surface area contributed by atoms with Gasteiger partial charge in [-0.15, -0.1) is 0 Å². The lowest BCUT2D eigenvalue weighted by molar-refractivity contribution is 0.156. The van der Waals surface area contributed by atoms with E-state index in [-0.39, 0.29) is 0 Å². The van der Waals surface area contributed by atoms with Gasteiger partial charge in [0.25, 0.3) is 0 Å². The van der Waals surface area contributed by atoms with Gasteiger partial charge in [0.1, 0.15) is 0 Å². The Hall–Kier alpha value is 0.310. The molecule has 1 aliphatic heterocycles. The van der Waals surface area contributed by atoms with E-state index >= 15 is 0 Å². The molecule has 0 radical (unpaired) electrons. The maximum Gasteiger partial charge on any atom is -0.00125 e. The first-order chi connectivity index (χ1) is 7.29. The molecule has 2 rings (SSSR count). The first-order valence-corrected chi connectivity index (χ1v) is 7.24. The molecule has 0 spiro atoms. The van der Waals surface area contributed by atoms with Crippen LogP contribution in [0.3, 0.4) is 0 Å². The summed E-state index contributed by atoms with van der Waals surface area (Å²) in [4.78, 5) is 0. The second-order valence-corrected chi connectivity index (χ2v) is 6.10. The fourth-order valence-electron chi connectivity index (χ4n) is 3.48. The summed E-state index contributed by atoms with van der Waals surface area (Å²) in [6, 6.07) is 0. The molecule has 4 unspecified atom stereocenters. The molecule has 88 valence electrons. The first-order valence-electron chi connectivity index (χ1n) is 6.61. The van der Waals surface area contributed by atoms with Crippen LogP contribution in [0, 0.1) is 23.7 Å². The topological polar surface area (TPSA) is 12.0 Å². The third-order valence-corrected chi connectivity index (χ3v) is 4.89. The Bertz CT molecular complexity index is 195. The van der Waals surface area contributed by atoms with E-state index in [2.05, 4.69) is 24.9 Å². The summed E-state index contributed by atoms with van der Waals surface area (Å²) >= 11 is 4.45. The first kappa shape index (κ1) is 11.8. The molecule has 0 aromatic rings. The lowest BCUT2D eigenvalue weighted by Gasteiger charge is -2.38. The summed E-state index contributed by atoms with van der Waals surface area (Å²) in [5.41, 5.74) is 0. The average Bonchev–Trinajstić information content (AvgIpc) is 2.29. The number of nitrogens with one attached hydrogen (secondary N) is 1. The van der Waals surface area contributed by atoms with Gasteiger partial charge >= 0.3 is 0 Å². The van der Waals surface area contributed by atoms with E-state index in [0.29, 0.717) is 0 Å². The van der Waals surface area contributed by atoms with Crippen LogP contribution < -0.4 is 5.32 Å². The van der Waals surface area contributed by atoms with Crippen LogP contribution in [0.5, 0.6) is 0 Å². The van der Waals surface area contributed by atoms with Crippen molar-refractivity contribution in [3.8, 4) is 0 Å². The second-order valence-electron chi connectivity index (χ2n) is 5.73. The molecule has 1 saturated heterocycles. The smallest absolute Gasteiger partial charge is 0.00125 e. The molecule has 1 aliphatic carbocycles. The van der Waals surface area contributed by atoms with E-state index in [0.717, 1.165) is 29.4 Å². The molecule has 1 nitrogen and oxygen atoms in total. The Morgan fingerprint density at radius 1 is 1.13 bits per heavy atom. The normalized spacial score (nSPS) is 42.8. The van der Waals surface area contributed by atoms with Crippen LogP contribution in [0.4, 0.5) is 0 Å². The molecule has 0 aromatic carbocycles. The predicted molar refractivity (Wildman–Crippen MR) is 69.4 cm³/mol. The molecule has 15 heavy (non-hydrogen) atoms. The van der Waals surface area contributed by atoms with Gasteiger partial charge in [-0.1, -0.05) is 26.2 Å². The van der Waals surface area contributed by atoms with Crippen molar-refractivity contribution < 1.29 is 0 Å². The van der Waals surface area contributed by atoms with Gasteiger partial charge in [-0.2, -0.15) is 12.6 Å². The third kappa shape index (κ3) is 3.13. The summed E-state index contributed by atoms with van der Waals surface area (Å²) in [6.07, 6.45) is 7.32. The van der Waals surface area contributed by atoms with Crippen molar-refractivity contribution in [1.29, 1.82) is 0 Å². The average molecular weight is 227 g/mol. The van der Waals surface area contributed by atoms with Crippen LogP contribution >= 0.6 is 12.6 Å². The highest BCUT2D eigenvalue weighted by molar-refractivity contribution is 7.80. The van der Waals surface area contributed by atoms with Gasteiger partial charge < -0.3 is 5.32 Å². The minimum Gasteiger partial charge on any atom is -0.316 e. The molecule has 2 fully saturated rings. The summed E-state index contributed by atoms with van der Waals surface area (Å²) in [5, 5.41) is 3.60. The summed E-state index contributed by atoms with van der Waals surface area (Å²) in [7, 11) is 0. The second kappa shape index (κ2) is 5.58. The highest BCUT2D eigenvalue weighted by Crippen LogP contribution is 2.37. The number of hydrogen-bond donors (Lipinski definition) is 2. The monoisotopic (exact) mass is 227 g/mol. The highest BCUT2D eigenvalue weighted by atomic mass is 32.1. The van der Waals surface area contributed by atoms with E-state index in [1.165, 1.54) is 45.2 Å². The Labute approximate surface area is 99.8 Å². The van der Waals surface area contributed by atoms with Crippen molar-refractivity contribution in [3.63, 3.8) is 0 Å². The van der Waals surface area contributed by atoms with Crippen molar-refractivity contribution in [2.24, 2.45) is 23.7 Å². The highest BCUT2D eigenvalue weighted by Gasteiger charge is 2.30. The van der Waals surface area contributed by atoms with Gasteiger partial charge in [0.2, 0.25) is 0 Å². The largest absolute Gasteiger partial charge is 0.316 e. The molecular formula is C13H25NS. The fraction of sp³-hybridized carbons (Fsp3) is 1.00. The summed E-state index contributed by atoms with van der Waals surface area (Å²) in [6.45, 7) is 4.89. The summed E-state index contributed by atoms with van der Waals surface area (Å²) in [5.74, 6) is 4.80. The van der Waals surface area contributed by atoms with Gasteiger partial charge in [0.15, 0.2) is 0 Å². The Balaban J connectivity index is 1.86. The molecule has 0 aromatic heterocycles. The zero-order valence-electron chi connectivity index (χ0n) is 9.91. The zero-order chi connectivity index (χ0) is 10.7. The van der Waals surface area contributed by atoms with Crippen molar-refractivity contribution in [3.05, 3.63) is 0 Å². The van der Waals surface area contributed by atoms with Gasteiger partial charge in [0.05, 0.1) is 0 Å². The number of hydrogen-bond acceptors (Lipinski definition) is 2. The van der Waals surface area contributed by atoms with Crippen molar-refractivity contribution >= 4 is 12.6 Å². The minimum atomic E-state index is 0.823. The van der Waals surface area contributed by atoms with E-state index in [4.69, 9.17) is 0 Å². The molecule has 0 amide bonds. The maximum atomic E-state index is 4.45. The summed E-state index contributed by atoms with van der Waals surface area (Å²) < 4.78 is 0. The third-order valence-electron chi connectivity index (χ3n) is 4.38. The van der Waals surface area contributed by atoms with Crippen LogP contribution in [-0.2, 0) is 0 Å². The van der Waals surface area contributed by atoms with Gasteiger partial charge in [-0.25, -0.2) is 0 Å². The molecule has 2 aliphatic rings. The maximum absolute atomic E-state index is 4.45. The molecule has 4 atom stereocenters. The zero-order valence-corrected chi connectivity index (χ0v) is 10.8. The van der Waals surface area contributed by atoms with Crippen LogP contribution in [0.1, 0.15) is 39.0 Å². The van der Waals surface area contributed by atoms with Gasteiger partial charge in [-0.3, -0.25) is 0 Å². The van der Waals surface area contributed by atoms with E-state index < -0.39 is 0 Å². The molecule has 1 saturated carbocycles. The molecular weight excluding hydrogens is 202 g/mol. The van der Waals surface area contributed by atoms with Crippen LogP contribution in [0.2, 0.25) is 0 Å². The standard InChI is InChI=1S/C13H25NS/c1-10-3-2-4-12(5-10)13-6-11(9-15)7-14-8-13/h10-15H,2-9H2,1H3. The number of rotatable bonds is 2. The fourth-order valence-corrected chi connectivity index (χ4v) is 3.75. The quantitative estimate of drug-likeness (QED) is 0.691. The minimum absolute atomic E-state index is 0.823. The molecule has 0 bridgehead atoms. The van der Waals surface area contributed by atoms with Crippen LogP contribution in [-0.4, -0.2) is 18.8 Å². The van der Waals surface area contributed by atoms with Crippen molar-refractivity contribution in [1.82, 2.24) is 5.32 Å². The predicted octanol–water partition coefficient (Wildman–Crippen LogP) is 2.97. The lowest BCUT2D eigenvalue weighted by Crippen LogP contribution is -2.41. The van der Waals surface area contributed by atoms with E-state index in [1.54, 1.807) is 0 Å². The molecule has 1 heterocycles. The van der Waals surface area contributed by atoms with E-state index in [9.17, 15) is 0 Å². The van der Waals surface area contributed by atoms with Crippen LogP contribution in [0.25, 0.3) is 0 Å². The molecule has 1 N–H and O–H groups in total. The Morgan fingerprint density at radius 3 is 2.73 bits per heavy atom. The SMILES string of the molecule is CC1CCCC(C2CNCC(CS)C2)C1. The van der Waals surface area contributed by atoms with E-state index in [1.807, 2.05) is 0 Å². The lowest BCUT2D eigenvalue weighted by atomic mass is 9.72. The number of thiol groups is 1. The van der Waals surface area contributed by atoms with Crippen LogP contribution in [0.15, 0.2) is 0 Å². The Morgan fingerprint density at radius 2 is 2.00 bits per heavy atom. The van der Waals surface area contributed by atoms with Gasteiger partial charge in [0, 0.05) is 0 Å². The number of piperidine rings is 1.